The number of pyridine rings is 1. The molecular weight excluding hydrogens is 232 g/mol. The number of nitrogens with zero attached hydrogens (tertiary/aromatic N) is 1. The lowest BCUT2D eigenvalue weighted by atomic mass is 10.2. The Labute approximate surface area is 85.4 Å². The van der Waals surface area contributed by atoms with Crippen LogP contribution in [0.1, 0.15) is 12.5 Å². The summed E-state index contributed by atoms with van der Waals surface area (Å²) in [5, 5.41) is 0. The fraction of sp³-hybridized carbons (Fsp3) is 0.222. The van der Waals surface area contributed by atoms with E-state index in [4.69, 9.17) is 10.5 Å². The van der Waals surface area contributed by atoms with E-state index in [9.17, 15) is 0 Å². The maximum atomic E-state index is 5.78. The van der Waals surface area contributed by atoms with Crippen LogP contribution in [0.2, 0.25) is 0 Å². The summed E-state index contributed by atoms with van der Waals surface area (Å²) in [4.78, 5) is 4.02. The van der Waals surface area contributed by atoms with Crippen molar-refractivity contribution in [3.05, 3.63) is 16.2 Å². The molecule has 0 radical (unpaired) electrons. The van der Waals surface area contributed by atoms with Crippen molar-refractivity contribution in [3.8, 4) is 17.7 Å². The molecule has 4 heteroatoms. The highest BCUT2D eigenvalue weighted by Crippen LogP contribution is 2.27. The van der Waals surface area contributed by atoms with E-state index in [0.29, 0.717) is 17.1 Å². The Morgan fingerprint density at radius 1 is 1.62 bits per heavy atom. The van der Waals surface area contributed by atoms with Gasteiger partial charge in [-0.2, -0.15) is 0 Å². The van der Waals surface area contributed by atoms with Crippen LogP contribution in [0.5, 0.6) is 5.88 Å². The topological polar surface area (TPSA) is 48.1 Å². The number of halogens is 1. The molecule has 0 unspecified atom stereocenters. The van der Waals surface area contributed by atoms with Crippen LogP contribution in [0.4, 0.5) is 5.69 Å². The van der Waals surface area contributed by atoms with Crippen LogP contribution in [-0.4, -0.2) is 12.1 Å². The quantitative estimate of drug-likeness (QED) is 0.762. The minimum atomic E-state index is 0.454. The largest absolute Gasteiger partial charge is 0.480 e. The molecule has 0 aliphatic carbocycles. The molecule has 3 nitrogen and oxygen atoms in total. The summed E-state index contributed by atoms with van der Waals surface area (Å²) < 4.78 is 5.75. The monoisotopic (exact) mass is 240 g/mol. The molecule has 0 bridgehead atoms. The van der Waals surface area contributed by atoms with Crippen LogP contribution in [-0.2, 0) is 0 Å². The third kappa shape index (κ3) is 1.93. The number of anilines is 1. The zero-order valence-corrected chi connectivity index (χ0v) is 8.97. The molecule has 0 aliphatic rings. The minimum absolute atomic E-state index is 0.454. The van der Waals surface area contributed by atoms with Crippen LogP contribution in [0.15, 0.2) is 10.7 Å². The molecule has 1 heterocycles. The van der Waals surface area contributed by atoms with Gasteiger partial charge in [-0.3, -0.25) is 0 Å². The third-order valence-corrected chi connectivity index (χ3v) is 2.11. The van der Waals surface area contributed by atoms with E-state index in [1.165, 1.54) is 7.11 Å². The van der Waals surface area contributed by atoms with Crippen molar-refractivity contribution < 1.29 is 4.74 Å². The van der Waals surface area contributed by atoms with Gasteiger partial charge in [0.25, 0.3) is 0 Å². The smallest absolute Gasteiger partial charge is 0.231 e. The highest BCUT2D eigenvalue weighted by atomic mass is 79.9. The first kappa shape index (κ1) is 9.87. The zero-order chi connectivity index (χ0) is 9.84. The number of methoxy groups -OCH3 is 1. The SMILES string of the molecule is CC#Cc1c(OC)ncc(Br)c1N. The van der Waals surface area contributed by atoms with Gasteiger partial charge in [0.1, 0.15) is 5.56 Å². The Hall–Kier alpha value is -1.21. The summed E-state index contributed by atoms with van der Waals surface area (Å²) in [5.74, 6) is 6.05. The molecule has 0 aliphatic heterocycles. The zero-order valence-electron chi connectivity index (χ0n) is 7.39. The second kappa shape index (κ2) is 4.15. The second-order valence-electron chi connectivity index (χ2n) is 2.28. The molecular formula is C9H9BrN2O. The van der Waals surface area contributed by atoms with Crippen molar-refractivity contribution in [2.75, 3.05) is 12.8 Å². The van der Waals surface area contributed by atoms with Crippen LogP contribution in [0, 0.1) is 11.8 Å². The molecule has 0 fully saturated rings. The van der Waals surface area contributed by atoms with Crippen molar-refractivity contribution >= 4 is 21.6 Å². The minimum Gasteiger partial charge on any atom is -0.480 e. The van der Waals surface area contributed by atoms with Gasteiger partial charge in [-0.1, -0.05) is 5.92 Å². The molecule has 68 valence electrons. The summed E-state index contributed by atoms with van der Waals surface area (Å²) in [7, 11) is 1.54. The van der Waals surface area contributed by atoms with Gasteiger partial charge in [0, 0.05) is 6.20 Å². The lowest BCUT2D eigenvalue weighted by Gasteiger charge is -2.05. The summed E-state index contributed by atoms with van der Waals surface area (Å²) in [6, 6.07) is 0. The number of hydrogen-bond donors (Lipinski definition) is 1. The lowest BCUT2D eigenvalue weighted by molar-refractivity contribution is 0.397. The van der Waals surface area contributed by atoms with Gasteiger partial charge in [0.2, 0.25) is 5.88 Å². The molecule has 0 saturated heterocycles. The predicted octanol–water partition coefficient (Wildman–Crippen LogP) is 1.81. The van der Waals surface area contributed by atoms with E-state index >= 15 is 0 Å². The average molecular weight is 241 g/mol. The first-order valence-electron chi connectivity index (χ1n) is 3.61. The fourth-order valence-electron chi connectivity index (χ4n) is 0.885. The van der Waals surface area contributed by atoms with Crippen molar-refractivity contribution in [1.29, 1.82) is 0 Å². The summed E-state index contributed by atoms with van der Waals surface area (Å²) >= 11 is 3.27. The Kier molecular flexibility index (Phi) is 3.15. The van der Waals surface area contributed by atoms with E-state index in [1.807, 2.05) is 0 Å². The summed E-state index contributed by atoms with van der Waals surface area (Å²) in [5.41, 5.74) is 6.96. The Bertz CT molecular complexity index is 379. The van der Waals surface area contributed by atoms with Crippen LogP contribution in [0.3, 0.4) is 0 Å². The Morgan fingerprint density at radius 2 is 2.31 bits per heavy atom. The van der Waals surface area contributed by atoms with Gasteiger partial charge in [-0.15, -0.1) is 5.92 Å². The van der Waals surface area contributed by atoms with Crippen LogP contribution < -0.4 is 10.5 Å². The number of aromatic nitrogens is 1. The standard InChI is InChI=1S/C9H9BrN2O/c1-3-4-6-8(11)7(10)5-12-9(6)13-2/h5H,1-2H3,(H2,11,12). The maximum Gasteiger partial charge on any atom is 0.231 e. The number of rotatable bonds is 1. The molecule has 2 N–H and O–H groups in total. The van der Waals surface area contributed by atoms with Gasteiger partial charge in [0.05, 0.1) is 17.3 Å². The molecule has 1 rings (SSSR count). The van der Waals surface area contributed by atoms with E-state index in [-0.39, 0.29) is 0 Å². The molecule has 0 spiro atoms. The number of ether oxygens (including phenoxy) is 1. The molecule has 13 heavy (non-hydrogen) atoms. The van der Waals surface area contributed by atoms with Gasteiger partial charge < -0.3 is 10.5 Å². The first-order chi connectivity index (χ1) is 6.20. The van der Waals surface area contributed by atoms with Crippen LogP contribution in [0.25, 0.3) is 0 Å². The molecule has 0 saturated carbocycles. The van der Waals surface area contributed by atoms with Crippen molar-refractivity contribution in [1.82, 2.24) is 4.98 Å². The fourth-order valence-corrected chi connectivity index (χ4v) is 1.19. The number of nitrogens with two attached hydrogens (primary N) is 1. The first-order valence-corrected chi connectivity index (χ1v) is 4.40. The average Bonchev–Trinajstić information content (AvgIpc) is 2.14. The highest BCUT2D eigenvalue weighted by Gasteiger charge is 2.08. The van der Waals surface area contributed by atoms with Gasteiger partial charge >= 0.3 is 0 Å². The van der Waals surface area contributed by atoms with Gasteiger partial charge in [-0.25, -0.2) is 4.98 Å². The Morgan fingerprint density at radius 3 is 2.85 bits per heavy atom. The molecule has 1 aromatic heterocycles. The molecule has 0 atom stereocenters. The van der Waals surface area contributed by atoms with E-state index in [2.05, 4.69) is 32.8 Å². The molecule has 0 aromatic carbocycles. The van der Waals surface area contributed by atoms with E-state index in [1.54, 1.807) is 13.1 Å². The Balaban J connectivity index is 3.38. The normalized spacial score (nSPS) is 8.85. The number of nitrogen functional groups attached to an aromatic ring is 1. The van der Waals surface area contributed by atoms with E-state index < -0.39 is 0 Å². The lowest BCUT2D eigenvalue weighted by Crippen LogP contribution is -1.98. The van der Waals surface area contributed by atoms with Crippen molar-refractivity contribution in [2.24, 2.45) is 0 Å². The third-order valence-electron chi connectivity index (χ3n) is 1.48. The van der Waals surface area contributed by atoms with Gasteiger partial charge in [-0.05, 0) is 22.9 Å². The molecule has 1 aromatic rings. The van der Waals surface area contributed by atoms with Crippen molar-refractivity contribution in [2.45, 2.75) is 6.92 Å². The summed E-state index contributed by atoms with van der Waals surface area (Å²) in [6.45, 7) is 1.74. The molecule has 0 amide bonds. The van der Waals surface area contributed by atoms with Gasteiger partial charge in [0.15, 0.2) is 0 Å². The summed E-state index contributed by atoms with van der Waals surface area (Å²) in [6.07, 6.45) is 1.59. The number of hydrogen-bond acceptors (Lipinski definition) is 3. The highest BCUT2D eigenvalue weighted by molar-refractivity contribution is 9.10. The predicted molar refractivity (Wildman–Crippen MR) is 55.5 cm³/mol. The van der Waals surface area contributed by atoms with E-state index in [0.717, 1.165) is 4.47 Å². The van der Waals surface area contributed by atoms with Crippen molar-refractivity contribution in [3.63, 3.8) is 0 Å². The van der Waals surface area contributed by atoms with Crippen LogP contribution >= 0.6 is 15.9 Å². The maximum absolute atomic E-state index is 5.78. The second-order valence-corrected chi connectivity index (χ2v) is 3.13.